The summed E-state index contributed by atoms with van der Waals surface area (Å²) in [5, 5.41) is 23.2. The van der Waals surface area contributed by atoms with Crippen molar-refractivity contribution in [2.75, 3.05) is 7.05 Å². The summed E-state index contributed by atoms with van der Waals surface area (Å²) in [6.45, 7) is 0. The molecule has 0 saturated heterocycles. The first-order chi connectivity index (χ1) is 17.9. The molecule has 37 heavy (non-hydrogen) atoms. The van der Waals surface area contributed by atoms with E-state index in [1.165, 1.54) is 0 Å². The Morgan fingerprint density at radius 2 is 1.62 bits per heavy atom. The molecule has 1 N–H and O–H groups in total. The third-order valence-electron chi connectivity index (χ3n) is 7.01. The Balaban J connectivity index is 1.86. The molecule has 5 rings (SSSR count). The Kier molecular flexibility index (Phi) is 5.93. The summed E-state index contributed by atoms with van der Waals surface area (Å²) in [4.78, 5) is 17.3. The van der Waals surface area contributed by atoms with Crippen LogP contribution in [-0.2, 0) is 19.6 Å². The third kappa shape index (κ3) is 3.79. The quantitative estimate of drug-likeness (QED) is 0.403. The number of aryl methyl sites for hydroxylation is 2. The van der Waals surface area contributed by atoms with Crippen LogP contribution in [0.15, 0.2) is 90.1 Å². The lowest BCUT2D eigenvalue weighted by Crippen LogP contribution is -2.43. The Labute approximate surface area is 214 Å². The molecule has 7 heteroatoms. The van der Waals surface area contributed by atoms with Crippen LogP contribution in [0.5, 0.6) is 0 Å². The van der Waals surface area contributed by atoms with Gasteiger partial charge in [-0.15, -0.1) is 0 Å². The molecule has 0 saturated carbocycles. The zero-order chi connectivity index (χ0) is 26.2. The first-order valence-electron chi connectivity index (χ1n) is 11.7. The van der Waals surface area contributed by atoms with Gasteiger partial charge in [0.2, 0.25) is 0 Å². The summed E-state index contributed by atoms with van der Waals surface area (Å²) in [6, 6.07) is 26.8. The van der Waals surface area contributed by atoms with Gasteiger partial charge in [-0.25, -0.2) is 4.98 Å². The lowest BCUT2D eigenvalue weighted by atomic mass is 9.79. The van der Waals surface area contributed by atoms with Crippen molar-refractivity contribution in [3.05, 3.63) is 124 Å². The molecule has 7 nitrogen and oxygen atoms in total. The van der Waals surface area contributed by atoms with Gasteiger partial charge in [0.15, 0.2) is 0 Å². The fourth-order valence-electron chi connectivity index (χ4n) is 5.08. The standard InChI is InChI=1S/C30H24N6O/c1-33-30(28-18-34-19-35(28)2,23-9-7-20(16-31)8-10-23)24-11-12-27-26(14-24)25(15-29(37)36(27)3)22-6-4-5-21(13-22)17-32/h4-15,18-19,33H,1-3H3/t30-/m1/s1. The largest absolute Gasteiger partial charge is 0.335 e. The average Bonchev–Trinajstić information content (AvgIpc) is 3.37. The minimum absolute atomic E-state index is 0.129. The van der Waals surface area contributed by atoms with Crippen molar-refractivity contribution in [1.29, 1.82) is 10.5 Å². The molecule has 3 aromatic carbocycles. The van der Waals surface area contributed by atoms with E-state index in [9.17, 15) is 15.3 Å². The highest BCUT2D eigenvalue weighted by molar-refractivity contribution is 5.95. The van der Waals surface area contributed by atoms with Crippen LogP contribution in [0, 0.1) is 22.7 Å². The molecule has 0 fully saturated rings. The molecule has 0 aliphatic carbocycles. The van der Waals surface area contributed by atoms with E-state index in [0.717, 1.165) is 38.9 Å². The maximum absolute atomic E-state index is 12.9. The van der Waals surface area contributed by atoms with Crippen LogP contribution >= 0.6 is 0 Å². The van der Waals surface area contributed by atoms with E-state index in [-0.39, 0.29) is 5.56 Å². The molecule has 0 aliphatic rings. The highest BCUT2D eigenvalue weighted by Gasteiger charge is 2.37. The molecule has 2 heterocycles. The highest BCUT2D eigenvalue weighted by atomic mass is 16.1. The molecule has 2 aromatic heterocycles. The Bertz CT molecular complexity index is 1780. The van der Waals surface area contributed by atoms with Gasteiger partial charge >= 0.3 is 0 Å². The lowest BCUT2D eigenvalue weighted by Gasteiger charge is -2.35. The summed E-state index contributed by atoms with van der Waals surface area (Å²) in [5.74, 6) is 0. The van der Waals surface area contributed by atoms with Crippen molar-refractivity contribution in [1.82, 2.24) is 19.4 Å². The summed E-state index contributed by atoms with van der Waals surface area (Å²) in [6.07, 6.45) is 3.59. The van der Waals surface area contributed by atoms with Crippen molar-refractivity contribution in [2.45, 2.75) is 5.54 Å². The second-order valence-electron chi connectivity index (χ2n) is 8.96. The van der Waals surface area contributed by atoms with Crippen molar-refractivity contribution in [3.63, 3.8) is 0 Å². The van der Waals surface area contributed by atoms with E-state index >= 15 is 0 Å². The SMILES string of the molecule is CN[C@](c1ccc(C#N)cc1)(c1ccc2c(c1)c(-c1cccc(C#N)c1)cc(=O)n2C)c1cncn1C. The van der Waals surface area contributed by atoms with Crippen LogP contribution in [0.4, 0.5) is 0 Å². The molecule has 0 amide bonds. The van der Waals surface area contributed by atoms with Crippen LogP contribution in [0.2, 0.25) is 0 Å². The predicted molar refractivity (Wildman–Crippen MR) is 143 cm³/mol. The molecule has 0 aliphatic heterocycles. The van der Waals surface area contributed by atoms with Gasteiger partial charge in [0.25, 0.3) is 5.56 Å². The number of imidazole rings is 1. The van der Waals surface area contributed by atoms with Crippen molar-refractivity contribution in [2.24, 2.45) is 14.1 Å². The zero-order valence-corrected chi connectivity index (χ0v) is 20.7. The van der Waals surface area contributed by atoms with Gasteiger partial charge in [0.05, 0.1) is 47.0 Å². The van der Waals surface area contributed by atoms with Gasteiger partial charge in [0, 0.05) is 25.5 Å². The monoisotopic (exact) mass is 484 g/mol. The van der Waals surface area contributed by atoms with Gasteiger partial charge < -0.3 is 14.5 Å². The van der Waals surface area contributed by atoms with Crippen LogP contribution in [0.25, 0.3) is 22.0 Å². The minimum Gasteiger partial charge on any atom is -0.335 e. The summed E-state index contributed by atoms with van der Waals surface area (Å²) >= 11 is 0. The van der Waals surface area contributed by atoms with Gasteiger partial charge in [-0.05, 0) is 65.7 Å². The number of nitriles is 2. The third-order valence-corrected chi connectivity index (χ3v) is 7.01. The second kappa shape index (κ2) is 9.23. The summed E-state index contributed by atoms with van der Waals surface area (Å²) in [5.41, 5.74) is 5.30. The predicted octanol–water partition coefficient (Wildman–Crippen LogP) is 4.19. The fraction of sp³-hybridized carbons (Fsp3) is 0.133. The summed E-state index contributed by atoms with van der Waals surface area (Å²) < 4.78 is 3.60. The molecular weight excluding hydrogens is 460 g/mol. The average molecular weight is 485 g/mol. The normalized spacial score (nSPS) is 12.6. The zero-order valence-electron chi connectivity index (χ0n) is 20.7. The Morgan fingerprint density at radius 1 is 0.892 bits per heavy atom. The minimum atomic E-state index is -0.798. The molecule has 5 aromatic rings. The number of hydrogen-bond donors (Lipinski definition) is 1. The van der Waals surface area contributed by atoms with Crippen molar-refractivity contribution in [3.8, 4) is 23.3 Å². The number of rotatable bonds is 5. The molecular formula is C30H24N6O. The maximum atomic E-state index is 12.9. The van der Waals surface area contributed by atoms with Crippen molar-refractivity contribution >= 4 is 10.9 Å². The van der Waals surface area contributed by atoms with E-state index in [1.807, 2.05) is 61.3 Å². The fourth-order valence-corrected chi connectivity index (χ4v) is 5.08. The van der Waals surface area contributed by atoms with Gasteiger partial charge in [-0.2, -0.15) is 10.5 Å². The number of pyridine rings is 1. The van der Waals surface area contributed by atoms with E-state index in [2.05, 4.69) is 28.5 Å². The van der Waals surface area contributed by atoms with Crippen molar-refractivity contribution < 1.29 is 0 Å². The van der Waals surface area contributed by atoms with Gasteiger partial charge in [0.1, 0.15) is 5.54 Å². The molecule has 0 bridgehead atoms. The Hall–Kier alpha value is -4.98. The Morgan fingerprint density at radius 3 is 2.27 bits per heavy atom. The first kappa shape index (κ1) is 23.7. The number of nitrogens with zero attached hydrogens (tertiary/aromatic N) is 5. The number of fused-ring (bicyclic) bond motifs is 1. The van der Waals surface area contributed by atoms with Gasteiger partial charge in [-0.1, -0.05) is 30.3 Å². The topological polar surface area (TPSA) is 99.4 Å². The van der Waals surface area contributed by atoms with Gasteiger partial charge in [-0.3, -0.25) is 4.79 Å². The highest BCUT2D eigenvalue weighted by Crippen LogP contribution is 2.39. The number of hydrogen-bond acceptors (Lipinski definition) is 5. The van der Waals surface area contributed by atoms with E-state index in [1.54, 1.807) is 48.3 Å². The summed E-state index contributed by atoms with van der Waals surface area (Å²) in [7, 11) is 5.60. The molecule has 0 unspecified atom stereocenters. The molecule has 0 spiro atoms. The maximum Gasteiger partial charge on any atom is 0.251 e. The van der Waals surface area contributed by atoms with E-state index in [0.29, 0.717) is 11.1 Å². The molecule has 0 radical (unpaired) electrons. The van der Waals surface area contributed by atoms with Crippen LogP contribution in [0.1, 0.15) is 27.9 Å². The number of benzene rings is 3. The lowest BCUT2D eigenvalue weighted by molar-refractivity contribution is 0.493. The van der Waals surface area contributed by atoms with Crippen LogP contribution in [-0.4, -0.2) is 21.2 Å². The second-order valence-corrected chi connectivity index (χ2v) is 8.96. The van der Waals surface area contributed by atoms with E-state index in [4.69, 9.17) is 0 Å². The van der Waals surface area contributed by atoms with Crippen LogP contribution < -0.4 is 10.9 Å². The van der Waals surface area contributed by atoms with Crippen LogP contribution in [0.3, 0.4) is 0 Å². The smallest absolute Gasteiger partial charge is 0.251 e. The number of aromatic nitrogens is 3. The number of nitrogens with one attached hydrogen (secondary N) is 1. The molecule has 180 valence electrons. The van der Waals surface area contributed by atoms with E-state index < -0.39 is 5.54 Å². The molecule has 1 atom stereocenters. The first-order valence-corrected chi connectivity index (χ1v) is 11.7.